The molecule has 1 heterocycles. The molecule has 0 aromatic heterocycles. The highest BCUT2D eigenvalue weighted by molar-refractivity contribution is 9.10. The number of nitrogens with zero attached hydrogens (tertiary/aromatic N) is 1. The summed E-state index contributed by atoms with van der Waals surface area (Å²) >= 11 is 3.55. The van der Waals surface area contributed by atoms with Crippen LogP contribution in [0.15, 0.2) is 28.7 Å². The molecule has 4 heteroatoms. The fourth-order valence-electron chi connectivity index (χ4n) is 2.82. The Morgan fingerprint density at radius 3 is 2.95 bits per heavy atom. The molecule has 1 saturated heterocycles. The van der Waals surface area contributed by atoms with Gasteiger partial charge in [-0.2, -0.15) is 0 Å². The molecule has 1 aliphatic rings. The largest absolute Gasteiger partial charge is 0.377 e. The van der Waals surface area contributed by atoms with Gasteiger partial charge in [-0.05, 0) is 38.0 Å². The van der Waals surface area contributed by atoms with Crippen molar-refractivity contribution < 1.29 is 4.74 Å². The summed E-state index contributed by atoms with van der Waals surface area (Å²) in [6.45, 7) is 7.06. The SMILES string of the molecule is CC1CN(C(c2cccc(Br)c2)C(C)N)CCCO1. The first-order valence-electron chi connectivity index (χ1n) is 6.94. The van der Waals surface area contributed by atoms with Gasteiger partial charge < -0.3 is 10.5 Å². The second kappa shape index (κ2) is 6.84. The van der Waals surface area contributed by atoms with E-state index in [2.05, 4.69) is 58.9 Å². The van der Waals surface area contributed by atoms with Crippen LogP contribution in [0.4, 0.5) is 0 Å². The van der Waals surface area contributed by atoms with Crippen LogP contribution in [0.25, 0.3) is 0 Å². The number of hydrogen-bond acceptors (Lipinski definition) is 3. The zero-order valence-corrected chi connectivity index (χ0v) is 13.3. The molecule has 1 aliphatic heterocycles. The second-order valence-corrected chi connectivity index (χ2v) is 6.30. The molecule has 1 aromatic carbocycles. The fraction of sp³-hybridized carbons (Fsp3) is 0.600. The lowest BCUT2D eigenvalue weighted by atomic mass is 9.98. The van der Waals surface area contributed by atoms with Gasteiger partial charge in [-0.25, -0.2) is 0 Å². The van der Waals surface area contributed by atoms with E-state index in [-0.39, 0.29) is 18.2 Å². The molecule has 2 rings (SSSR count). The van der Waals surface area contributed by atoms with E-state index in [0.29, 0.717) is 0 Å². The first-order chi connectivity index (χ1) is 9.08. The minimum absolute atomic E-state index is 0.0969. The molecule has 2 N–H and O–H groups in total. The maximum Gasteiger partial charge on any atom is 0.0674 e. The Balaban J connectivity index is 2.24. The third kappa shape index (κ3) is 4.02. The van der Waals surface area contributed by atoms with Gasteiger partial charge in [-0.15, -0.1) is 0 Å². The van der Waals surface area contributed by atoms with E-state index >= 15 is 0 Å². The summed E-state index contributed by atoms with van der Waals surface area (Å²) in [5, 5.41) is 0. The molecule has 0 spiro atoms. The van der Waals surface area contributed by atoms with Crippen LogP contribution < -0.4 is 5.73 Å². The predicted molar refractivity (Wildman–Crippen MR) is 82.1 cm³/mol. The van der Waals surface area contributed by atoms with Crippen molar-refractivity contribution in [2.45, 2.75) is 38.5 Å². The van der Waals surface area contributed by atoms with Crippen molar-refractivity contribution in [3.05, 3.63) is 34.3 Å². The van der Waals surface area contributed by atoms with Gasteiger partial charge in [0.1, 0.15) is 0 Å². The van der Waals surface area contributed by atoms with Gasteiger partial charge in [0.15, 0.2) is 0 Å². The zero-order chi connectivity index (χ0) is 13.8. The molecular formula is C15H23BrN2O. The van der Waals surface area contributed by atoms with E-state index < -0.39 is 0 Å². The highest BCUT2D eigenvalue weighted by Crippen LogP contribution is 2.27. The molecule has 1 fully saturated rings. The summed E-state index contributed by atoms with van der Waals surface area (Å²) in [7, 11) is 0. The Morgan fingerprint density at radius 1 is 1.47 bits per heavy atom. The predicted octanol–water partition coefficient (Wildman–Crippen LogP) is 2.95. The summed E-state index contributed by atoms with van der Waals surface area (Å²) in [5.74, 6) is 0. The summed E-state index contributed by atoms with van der Waals surface area (Å²) in [4.78, 5) is 2.46. The van der Waals surface area contributed by atoms with Gasteiger partial charge in [0.05, 0.1) is 6.10 Å². The van der Waals surface area contributed by atoms with Crippen LogP contribution >= 0.6 is 15.9 Å². The maximum atomic E-state index is 6.25. The molecule has 1 aromatic rings. The highest BCUT2D eigenvalue weighted by atomic mass is 79.9. The second-order valence-electron chi connectivity index (χ2n) is 5.39. The highest BCUT2D eigenvalue weighted by Gasteiger charge is 2.27. The molecule has 0 radical (unpaired) electrons. The van der Waals surface area contributed by atoms with Crippen molar-refractivity contribution >= 4 is 15.9 Å². The Morgan fingerprint density at radius 2 is 2.26 bits per heavy atom. The summed E-state index contributed by atoms with van der Waals surface area (Å²) in [5.41, 5.74) is 7.52. The third-order valence-electron chi connectivity index (χ3n) is 3.57. The van der Waals surface area contributed by atoms with Crippen LogP contribution in [-0.4, -0.2) is 36.7 Å². The van der Waals surface area contributed by atoms with Gasteiger partial charge in [-0.1, -0.05) is 28.1 Å². The average Bonchev–Trinajstić information content (AvgIpc) is 2.54. The molecule has 0 aliphatic carbocycles. The van der Waals surface area contributed by atoms with Gasteiger partial charge >= 0.3 is 0 Å². The van der Waals surface area contributed by atoms with Crippen molar-refractivity contribution in [2.75, 3.05) is 19.7 Å². The van der Waals surface area contributed by atoms with Crippen molar-refractivity contribution in [2.24, 2.45) is 5.73 Å². The van der Waals surface area contributed by atoms with E-state index in [1.807, 2.05) is 0 Å². The first kappa shape index (κ1) is 15.0. The number of nitrogens with two attached hydrogens (primary N) is 1. The lowest BCUT2D eigenvalue weighted by molar-refractivity contribution is 0.0583. The van der Waals surface area contributed by atoms with E-state index in [0.717, 1.165) is 30.6 Å². The van der Waals surface area contributed by atoms with E-state index in [1.165, 1.54) is 5.56 Å². The normalized spacial score (nSPS) is 24.7. The Kier molecular flexibility index (Phi) is 5.39. The standard InChI is InChI=1S/C15H23BrN2O/c1-11-10-18(7-4-8-19-11)15(12(2)17)13-5-3-6-14(16)9-13/h3,5-6,9,11-12,15H,4,7-8,10,17H2,1-2H3. The smallest absolute Gasteiger partial charge is 0.0674 e. The summed E-state index contributed by atoms with van der Waals surface area (Å²) in [6.07, 6.45) is 1.34. The van der Waals surface area contributed by atoms with Gasteiger partial charge in [0.25, 0.3) is 0 Å². The Hall–Kier alpha value is -0.420. The molecule has 0 saturated carbocycles. The van der Waals surface area contributed by atoms with Crippen LogP contribution in [0.2, 0.25) is 0 Å². The average molecular weight is 327 g/mol. The first-order valence-corrected chi connectivity index (χ1v) is 7.74. The van der Waals surface area contributed by atoms with E-state index in [9.17, 15) is 0 Å². The molecular weight excluding hydrogens is 304 g/mol. The zero-order valence-electron chi connectivity index (χ0n) is 11.7. The molecule has 19 heavy (non-hydrogen) atoms. The summed E-state index contributed by atoms with van der Waals surface area (Å²) in [6, 6.07) is 8.81. The minimum Gasteiger partial charge on any atom is -0.377 e. The number of benzene rings is 1. The Bertz CT molecular complexity index is 411. The number of halogens is 1. The quantitative estimate of drug-likeness (QED) is 0.928. The maximum absolute atomic E-state index is 6.25. The van der Waals surface area contributed by atoms with E-state index in [1.54, 1.807) is 0 Å². The fourth-order valence-corrected chi connectivity index (χ4v) is 3.23. The number of hydrogen-bond donors (Lipinski definition) is 1. The molecule has 3 nitrogen and oxygen atoms in total. The monoisotopic (exact) mass is 326 g/mol. The van der Waals surface area contributed by atoms with Gasteiger partial charge in [0.2, 0.25) is 0 Å². The number of ether oxygens (including phenoxy) is 1. The molecule has 0 bridgehead atoms. The minimum atomic E-state index is 0.0969. The van der Waals surface area contributed by atoms with Gasteiger partial charge in [-0.3, -0.25) is 4.90 Å². The van der Waals surface area contributed by atoms with Crippen LogP contribution in [0.3, 0.4) is 0 Å². The summed E-state index contributed by atoms with van der Waals surface area (Å²) < 4.78 is 6.84. The topological polar surface area (TPSA) is 38.5 Å². The molecule has 0 amide bonds. The van der Waals surface area contributed by atoms with Crippen LogP contribution in [0.5, 0.6) is 0 Å². The number of rotatable bonds is 3. The molecule has 3 unspecified atom stereocenters. The van der Waals surface area contributed by atoms with Crippen molar-refractivity contribution in [1.29, 1.82) is 0 Å². The molecule has 3 atom stereocenters. The van der Waals surface area contributed by atoms with Gasteiger partial charge in [0, 0.05) is 36.3 Å². The van der Waals surface area contributed by atoms with Crippen molar-refractivity contribution in [1.82, 2.24) is 4.90 Å². The Labute approximate surface area is 124 Å². The lowest BCUT2D eigenvalue weighted by Gasteiger charge is -2.34. The van der Waals surface area contributed by atoms with Crippen molar-refractivity contribution in [3.63, 3.8) is 0 Å². The van der Waals surface area contributed by atoms with Crippen LogP contribution in [0.1, 0.15) is 31.9 Å². The van der Waals surface area contributed by atoms with Crippen LogP contribution in [-0.2, 0) is 4.74 Å². The van der Waals surface area contributed by atoms with E-state index in [4.69, 9.17) is 10.5 Å². The lowest BCUT2D eigenvalue weighted by Crippen LogP contribution is -2.42. The molecule has 106 valence electrons. The third-order valence-corrected chi connectivity index (χ3v) is 4.06. The van der Waals surface area contributed by atoms with Crippen molar-refractivity contribution in [3.8, 4) is 0 Å². The van der Waals surface area contributed by atoms with Crippen LogP contribution in [0, 0.1) is 0 Å².